The summed E-state index contributed by atoms with van der Waals surface area (Å²) in [6, 6.07) is -0.278. The van der Waals surface area contributed by atoms with Crippen molar-refractivity contribution in [3.05, 3.63) is 11.7 Å². The maximum atomic E-state index is 12.5. The van der Waals surface area contributed by atoms with Crippen molar-refractivity contribution in [2.45, 2.75) is 51.7 Å². The van der Waals surface area contributed by atoms with E-state index in [9.17, 15) is 4.79 Å². The number of amides is 1. The Bertz CT molecular complexity index is 523. The van der Waals surface area contributed by atoms with Gasteiger partial charge < -0.3 is 19.3 Å². The summed E-state index contributed by atoms with van der Waals surface area (Å²) in [5.74, 6) is 1.79. The van der Waals surface area contributed by atoms with E-state index in [0.717, 1.165) is 12.8 Å². The van der Waals surface area contributed by atoms with Crippen molar-refractivity contribution in [1.29, 1.82) is 0 Å². The number of aromatic nitrogens is 2. The molecule has 2 heterocycles. The molecule has 2 atom stereocenters. The van der Waals surface area contributed by atoms with Crippen LogP contribution in [0.2, 0.25) is 0 Å². The van der Waals surface area contributed by atoms with Crippen molar-refractivity contribution >= 4 is 5.91 Å². The van der Waals surface area contributed by atoms with Crippen molar-refractivity contribution in [3.63, 3.8) is 0 Å². The molecule has 1 saturated heterocycles. The molecule has 0 radical (unpaired) electrons. The van der Waals surface area contributed by atoms with Gasteiger partial charge in [-0.3, -0.25) is 4.79 Å². The maximum Gasteiger partial charge on any atom is 0.249 e. The van der Waals surface area contributed by atoms with Gasteiger partial charge >= 0.3 is 0 Å². The zero-order chi connectivity index (χ0) is 16.2. The van der Waals surface area contributed by atoms with E-state index in [1.807, 2.05) is 0 Å². The number of nitrogens with one attached hydrogen (secondary N) is 1. The largest absolute Gasteiger partial charge is 0.381 e. The molecule has 23 heavy (non-hydrogen) atoms. The van der Waals surface area contributed by atoms with Gasteiger partial charge in [-0.05, 0) is 51.4 Å². The third-order valence-electron chi connectivity index (χ3n) is 4.49. The smallest absolute Gasteiger partial charge is 0.249 e. The Balaban J connectivity index is 1.63. The number of rotatable bonds is 7. The van der Waals surface area contributed by atoms with Gasteiger partial charge in [-0.2, -0.15) is 4.98 Å². The molecule has 128 valence electrons. The highest BCUT2D eigenvalue weighted by molar-refractivity contribution is 5.80. The summed E-state index contributed by atoms with van der Waals surface area (Å²) < 4.78 is 16.4. The lowest BCUT2D eigenvalue weighted by Crippen LogP contribution is -2.41. The van der Waals surface area contributed by atoms with Crippen molar-refractivity contribution in [2.75, 3.05) is 19.8 Å². The first-order valence-corrected chi connectivity index (χ1v) is 8.43. The zero-order valence-electron chi connectivity index (χ0n) is 13.8. The molecule has 7 heteroatoms. The summed E-state index contributed by atoms with van der Waals surface area (Å²) in [5.41, 5.74) is 0. The minimum Gasteiger partial charge on any atom is -0.381 e. The van der Waals surface area contributed by atoms with E-state index in [2.05, 4.69) is 15.5 Å². The Morgan fingerprint density at radius 2 is 2.09 bits per heavy atom. The van der Waals surface area contributed by atoms with Crippen LogP contribution in [0.3, 0.4) is 0 Å². The number of hydrogen-bond acceptors (Lipinski definition) is 6. The second-order valence-corrected chi connectivity index (χ2v) is 6.53. The van der Waals surface area contributed by atoms with Crippen LogP contribution in [0.5, 0.6) is 0 Å². The molecule has 2 fully saturated rings. The maximum absolute atomic E-state index is 12.5. The summed E-state index contributed by atoms with van der Waals surface area (Å²) in [4.78, 5) is 16.8. The van der Waals surface area contributed by atoms with Crippen molar-refractivity contribution in [3.8, 4) is 0 Å². The molecule has 0 bridgehead atoms. The molecule has 0 spiro atoms. The SMILES string of the molecule is Cc1noc(C(NC(=O)C(C)OCC2CC2)C2CCOCC2)n1. The highest BCUT2D eigenvalue weighted by atomic mass is 16.5. The van der Waals surface area contributed by atoms with Crippen LogP contribution in [0, 0.1) is 18.8 Å². The molecule has 3 rings (SSSR count). The molecule has 1 aromatic heterocycles. The Kier molecular flexibility index (Phi) is 5.27. The van der Waals surface area contributed by atoms with Crippen molar-refractivity contribution in [1.82, 2.24) is 15.5 Å². The second-order valence-electron chi connectivity index (χ2n) is 6.53. The van der Waals surface area contributed by atoms with E-state index in [0.29, 0.717) is 37.5 Å². The lowest BCUT2D eigenvalue weighted by atomic mass is 9.91. The highest BCUT2D eigenvalue weighted by Gasteiger charge is 2.32. The molecular weight excluding hydrogens is 298 g/mol. The lowest BCUT2D eigenvalue weighted by Gasteiger charge is -2.29. The molecule has 2 unspecified atom stereocenters. The Labute approximate surface area is 136 Å². The Morgan fingerprint density at radius 1 is 1.35 bits per heavy atom. The van der Waals surface area contributed by atoms with Gasteiger partial charge in [0.1, 0.15) is 12.1 Å². The minimum atomic E-state index is -0.470. The van der Waals surface area contributed by atoms with Crippen LogP contribution in [0.15, 0.2) is 4.52 Å². The fraction of sp³-hybridized carbons (Fsp3) is 0.812. The van der Waals surface area contributed by atoms with Crippen LogP contribution >= 0.6 is 0 Å². The molecular formula is C16H25N3O4. The second kappa shape index (κ2) is 7.40. The standard InChI is InChI=1S/C16H25N3O4/c1-10(22-9-12-3-4-12)15(20)18-14(13-5-7-21-8-6-13)16-17-11(2)19-23-16/h10,12-14H,3-9H2,1-2H3,(H,18,20). The van der Waals surface area contributed by atoms with Crippen LogP contribution < -0.4 is 5.32 Å². The molecule has 1 N–H and O–H groups in total. The molecule has 7 nitrogen and oxygen atoms in total. The summed E-state index contributed by atoms with van der Waals surface area (Å²) in [6.07, 6.45) is 3.68. The van der Waals surface area contributed by atoms with E-state index in [1.54, 1.807) is 13.8 Å². The number of carbonyl (C=O) groups excluding carboxylic acids is 1. The number of nitrogens with zero attached hydrogens (tertiary/aromatic N) is 2. The van der Waals surface area contributed by atoms with Crippen LogP contribution in [0.4, 0.5) is 0 Å². The molecule has 1 aromatic rings. The van der Waals surface area contributed by atoms with Crippen LogP contribution in [0.25, 0.3) is 0 Å². The molecule has 1 aliphatic carbocycles. The van der Waals surface area contributed by atoms with Gasteiger partial charge in [0.2, 0.25) is 11.8 Å². The Hall–Kier alpha value is -1.47. The lowest BCUT2D eigenvalue weighted by molar-refractivity contribution is -0.133. The van der Waals surface area contributed by atoms with Gasteiger partial charge in [0.25, 0.3) is 0 Å². The van der Waals surface area contributed by atoms with E-state index in [4.69, 9.17) is 14.0 Å². The van der Waals surface area contributed by atoms with Gasteiger partial charge in [-0.25, -0.2) is 0 Å². The molecule has 2 aliphatic rings. The summed E-state index contributed by atoms with van der Waals surface area (Å²) in [5, 5.41) is 6.90. The van der Waals surface area contributed by atoms with Gasteiger partial charge in [0, 0.05) is 13.2 Å². The topological polar surface area (TPSA) is 86.5 Å². The fourth-order valence-corrected chi connectivity index (χ4v) is 2.78. The van der Waals surface area contributed by atoms with Crippen molar-refractivity contribution < 1.29 is 18.8 Å². The van der Waals surface area contributed by atoms with Crippen molar-refractivity contribution in [2.24, 2.45) is 11.8 Å². The van der Waals surface area contributed by atoms with E-state index >= 15 is 0 Å². The van der Waals surface area contributed by atoms with E-state index < -0.39 is 6.10 Å². The third-order valence-corrected chi connectivity index (χ3v) is 4.49. The third kappa shape index (κ3) is 4.51. The average Bonchev–Trinajstić information content (AvgIpc) is 3.30. The fourth-order valence-electron chi connectivity index (χ4n) is 2.78. The zero-order valence-corrected chi connectivity index (χ0v) is 13.8. The number of aryl methyl sites for hydroxylation is 1. The molecule has 0 aromatic carbocycles. The molecule has 1 amide bonds. The van der Waals surface area contributed by atoms with Gasteiger partial charge in [0.05, 0.1) is 6.61 Å². The predicted octanol–water partition coefficient (Wildman–Crippen LogP) is 1.78. The predicted molar refractivity (Wildman–Crippen MR) is 81.6 cm³/mol. The summed E-state index contributed by atoms with van der Waals surface area (Å²) in [7, 11) is 0. The normalized spacial score (nSPS) is 21.8. The average molecular weight is 323 g/mol. The number of carbonyl (C=O) groups is 1. The van der Waals surface area contributed by atoms with E-state index in [1.165, 1.54) is 12.8 Å². The quantitative estimate of drug-likeness (QED) is 0.823. The first-order chi connectivity index (χ1) is 11.1. The van der Waals surface area contributed by atoms with Crippen LogP contribution in [-0.2, 0) is 14.3 Å². The first-order valence-electron chi connectivity index (χ1n) is 8.43. The van der Waals surface area contributed by atoms with E-state index in [-0.39, 0.29) is 17.9 Å². The van der Waals surface area contributed by atoms with Gasteiger partial charge in [-0.1, -0.05) is 5.16 Å². The summed E-state index contributed by atoms with van der Waals surface area (Å²) >= 11 is 0. The Morgan fingerprint density at radius 3 is 2.70 bits per heavy atom. The minimum absolute atomic E-state index is 0.127. The van der Waals surface area contributed by atoms with Gasteiger partial charge in [-0.15, -0.1) is 0 Å². The number of ether oxygens (including phenoxy) is 2. The molecule has 1 saturated carbocycles. The summed E-state index contributed by atoms with van der Waals surface area (Å²) in [6.45, 7) is 5.61. The van der Waals surface area contributed by atoms with Crippen LogP contribution in [0.1, 0.15) is 50.4 Å². The molecule has 1 aliphatic heterocycles. The van der Waals surface area contributed by atoms with Crippen LogP contribution in [-0.4, -0.2) is 42.0 Å². The number of hydrogen-bond donors (Lipinski definition) is 1. The highest BCUT2D eigenvalue weighted by Crippen LogP contribution is 2.30. The monoisotopic (exact) mass is 323 g/mol. The first kappa shape index (κ1) is 16.4. The van der Waals surface area contributed by atoms with Gasteiger partial charge in [0.15, 0.2) is 5.82 Å².